The Balaban J connectivity index is 0.000000151. The summed E-state index contributed by atoms with van der Waals surface area (Å²) in [4.78, 5) is 2.55. The van der Waals surface area contributed by atoms with Crippen molar-refractivity contribution in [1.29, 1.82) is 0 Å². The van der Waals surface area contributed by atoms with E-state index < -0.39 is 0 Å². The van der Waals surface area contributed by atoms with Gasteiger partial charge in [-0.25, -0.2) is 0 Å². The fraction of sp³-hybridized carbons (Fsp3) is 0.273. The highest BCUT2D eigenvalue weighted by Gasteiger charge is 1.96. The molecule has 0 radical (unpaired) electrons. The monoisotopic (exact) mass is 278 g/mol. The maximum absolute atomic E-state index is 5.75. The van der Waals surface area contributed by atoms with Gasteiger partial charge in [0.15, 0.2) is 0 Å². The zero-order chi connectivity index (χ0) is 11.4. The zero-order valence-electron chi connectivity index (χ0n) is 8.80. The van der Waals surface area contributed by atoms with Gasteiger partial charge in [0.2, 0.25) is 0 Å². The highest BCUT2D eigenvalue weighted by atomic mass is 35.5. The SMILES string of the molecule is Cc1cc(C)c(Cl)s1.Cc1ccc(Cl)s1. The first-order chi connectivity index (χ1) is 6.99. The Hall–Kier alpha value is -0.0200. The Kier molecular flexibility index (Phi) is 5.13. The van der Waals surface area contributed by atoms with Crippen LogP contribution < -0.4 is 0 Å². The third kappa shape index (κ3) is 4.56. The van der Waals surface area contributed by atoms with Crippen LogP contribution in [-0.4, -0.2) is 0 Å². The molecular weight excluding hydrogens is 267 g/mol. The summed E-state index contributed by atoms with van der Waals surface area (Å²) >= 11 is 14.6. The highest BCUT2D eigenvalue weighted by molar-refractivity contribution is 7.16. The minimum absolute atomic E-state index is 0.873. The second-order valence-electron chi connectivity index (χ2n) is 3.16. The molecule has 0 amide bonds. The summed E-state index contributed by atoms with van der Waals surface area (Å²) < 4.78 is 1.79. The fourth-order valence-electron chi connectivity index (χ4n) is 1.02. The van der Waals surface area contributed by atoms with Crippen molar-refractivity contribution in [3.05, 3.63) is 42.2 Å². The molecule has 4 heteroatoms. The average Bonchev–Trinajstić information content (AvgIpc) is 2.61. The minimum Gasteiger partial charge on any atom is -0.129 e. The van der Waals surface area contributed by atoms with Crippen LogP contribution in [0.25, 0.3) is 0 Å². The Morgan fingerprint density at radius 1 is 0.933 bits per heavy atom. The standard InChI is InChI=1S/C6H7ClS.C5H5ClS/c1-4-3-5(2)8-6(4)7;1-4-2-3-5(6)7-4/h3H,1-2H3;2-3H,1H3. The van der Waals surface area contributed by atoms with Gasteiger partial charge in [-0.05, 0) is 44.5 Å². The molecule has 0 aliphatic carbocycles. The van der Waals surface area contributed by atoms with E-state index in [9.17, 15) is 0 Å². The predicted molar refractivity (Wildman–Crippen MR) is 72.9 cm³/mol. The number of rotatable bonds is 0. The summed E-state index contributed by atoms with van der Waals surface area (Å²) in [6.07, 6.45) is 0. The van der Waals surface area contributed by atoms with Crippen LogP contribution in [0.3, 0.4) is 0 Å². The van der Waals surface area contributed by atoms with E-state index in [1.165, 1.54) is 15.3 Å². The van der Waals surface area contributed by atoms with E-state index >= 15 is 0 Å². The average molecular weight is 279 g/mol. The molecule has 0 N–H and O–H groups in total. The molecule has 0 aromatic carbocycles. The van der Waals surface area contributed by atoms with Gasteiger partial charge in [0.1, 0.15) is 0 Å². The second-order valence-corrected chi connectivity index (χ2v) is 6.94. The number of hydrogen-bond acceptors (Lipinski definition) is 2. The largest absolute Gasteiger partial charge is 0.129 e. The van der Waals surface area contributed by atoms with Gasteiger partial charge in [-0.15, -0.1) is 22.7 Å². The Morgan fingerprint density at radius 2 is 1.60 bits per heavy atom. The van der Waals surface area contributed by atoms with Crippen LogP contribution in [0.1, 0.15) is 15.3 Å². The molecule has 2 heterocycles. The topological polar surface area (TPSA) is 0 Å². The van der Waals surface area contributed by atoms with Gasteiger partial charge in [-0.2, -0.15) is 0 Å². The summed E-state index contributed by atoms with van der Waals surface area (Å²) in [7, 11) is 0. The van der Waals surface area contributed by atoms with E-state index in [4.69, 9.17) is 23.2 Å². The maximum atomic E-state index is 5.75. The molecule has 0 saturated carbocycles. The van der Waals surface area contributed by atoms with Crippen molar-refractivity contribution in [1.82, 2.24) is 0 Å². The molecule has 0 unspecified atom stereocenters. The lowest BCUT2D eigenvalue weighted by Crippen LogP contribution is -1.56. The van der Waals surface area contributed by atoms with Crippen LogP contribution in [-0.2, 0) is 0 Å². The first-order valence-electron chi connectivity index (χ1n) is 4.43. The Labute approximate surface area is 108 Å². The van der Waals surface area contributed by atoms with E-state index in [2.05, 4.69) is 13.0 Å². The highest BCUT2D eigenvalue weighted by Crippen LogP contribution is 2.25. The molecule has 15 heavy (non-hydrogen) atoms. The number of aryl methyl sites for hydroxylation is 3. The van der Waals surface area contributed by atoms with Crippen molar-refractivity contribution < 1.29 is 0 Å². The lowest BCUT2D eigenvalue weighted by molar-refractivity contribution is 1.51. The molecule has 0 atom stereocenters. The van der Waals surface area contributed by atoms with Crippen LogP contribution in [0.5, 0.6) is 0 Å². The first kappa shape index (κ1) is 13.0. The third-order valence-electron chi connectivity index (χ3n) is 1.69. The molecule has 0 bridgehead atoms. The van der Waals surface area contributed by atoms with E-state index in [1.54, 1.807) is 22.7 Å². The Morgan fingerprint density at radius 3 is 1.73 bits per heavy atom. The van der Waals surface area contributed by atoms with Crippen LogP contribution in [0.2, 0.25) is 8.67 Å². The van der Waals surface area contributed by atoms with Crippen molar-refractivity contribution in [2.75, 3.05) is 0 Å². The molecule has 0 aliphatic heterocycles. The predicted octanol–water partition coefficient (Wildman–Crippen LogP) is 5.73. The molecule has 0 aliphatic rings. The van der Waals surface area contributed by atoms with Crippen LogP contribution in [0.4, 0.5) is 0 Å². The van der Waals surface area contributed by atoms with Gasteiger partial charge in [0.05, 0.1) is 8.67 Å². The molecule has 0 nitrogen and oxygen atoms in total. The molecule has 2 aromatic rings. The lowest BCUT2D eigenvalue weighted by atomic mass is 10.4. The smallest absolute Gasteiger partial charge is 0.0960 e. The Bertz CT molecular complexity index is 393. The van der Waals surface area contributed by atoms with Gasteiger partial charge < -0.3 is 0 Å². The van der Waals surface area contributed by atoms with E-state index in [0.717, 1.165) is 8.67 Å². The second kappa shape index (κ2) is 5.90. The molecule has 2 rings (SSSR count). The van der Waals surface area contributed by atoms with E-state index in [1.807, 2.05) is 26.0 Å². The van der Waals surface area contributed by atoms with Gasteiger partial charge >= 0.3 is 0 Å². The van der Waals surface area contributed by atoms with Gasteiger partial charge in [-0.1, -0.05) is 23.2 Å². The number of hydrogen-bond donors (Lipinski definition) is 0. The third-order valence-corrected chi connectivity index (χ3v) is 4.31. The lowest BCUT2D eigenvalue weighted by Gasteiger charge is -1.76. The fourth-order valence-corrected chi connectivity index (χ4v) is 3.18. The van der Waals surface area contributed by atoms with Gasteiger partial charge in [0, 0.05) is 9.75 Å². The van der Waals surface area contributed by atoms with E-state index in [0.29, 0.717) is 0 Å². The van der Waals surface area contributed by atoms with E-state index in [-0.39, 0.29) is 0 Å². The van der Waals surface area contributed by atoms with Crippen molar-refractivity contribution in [2.45, 2.75) is 20.8 Å². The molecule has 0 spiro atoms. The quantitative estimate of drug-likeness (QED) is 0.578. The first-order valence-corrected chi connectivity index (χ1v) is 6.82. The van der Waals surface area contributed by atoms with Gasteiger partial charge in [-0.3, -0.25) is 0 Å². The summed E-state index contributed by atoms with van der Waals surface area (Å²) in [5, 5.41) is 0. The molecule has 0 saturated heterocycles. The number of halogens is 2. The van der Waals surface area contributed by atoms with Crippen molar-refractivity contribution >= 4 is 45.9 Å². The summed E-state index contributed by atoms with van der Waals surface area (Å²) in [5.41, 5.74) is 1.19. The van der Waals surface area contributed by atoms with Crippen LogP contribution in [0, 0.1) is 20.8 Å². The number of thiophene rings is 2. The van der Waals surface area contributed by atoms with Crippen molar-refractivity contribution in [3.8, 4) is 0 Å². The normalized spacial score (nSPS) is 9.67. The van der Waals surface area contributed by atoms with Crippen LogP contribution >= 0.6 is 45.9 Å². The minimum atomic E-state index is 0.873. The van der Waals surface area contributed by atoms with Gasteiger partial charge in [0.25, 0.3) is 0 Å². The summed E-state index contributed by atoms with van der Waals surface area (Å²) in [5.74, 6) is 0. The van der Waals surface area contributed by atoms with Crippen LogP contribution in [0.15, 0.2) is 18.2 Å². The molecule has 82 valence electrons. The summed E-state index contributed by atoms with van der Waals surface area (Å²) in [6.45, 7) is 6.12. The van der Waals surface area contributed by atoms with Crippen molar-refractivity contribution in [3.63, 3.8) is 0 Å². The maximum Gasteiger partial charge on any atom is 0.0960 e. The van der Waals surface area contributed by atoms with Crippen molar-refractivity contribution in [2.24, 2.45) is 0 Å². The molecular formula is C11H12Cl2S2. The molecule has 2 aromatic heterocycles. The summed E-state index contributed by atoms with van der Waals surface area (Å²) in [6, 6.07) is 6.00. The molecule has 0 fully saturated rings. The zero-order valence-corrected chi connectivity index (χ0v) is 11.9.